The zero-order chi connectivity index (χ0) is 18.0. The number of aromatic nitrogens is 1. The van der Waals surface area contributed by atoms with Crippen LogP contribution in [0.25, 0.3) is 17.0 Å². The summed E-state index contributed by atoms with van der Waals surface area (Å²) in [4.78, 5) is 15.0. The Balaban J connectivity index is 1.70. The summed E-state index contributed by atoms with van der Waals surface area (Å²) >= 11 is 5.65. The number of anilines is 1. The van der Waals surface area contributed by atoms with Crippen molar-refractivity contribution in [1.82, 2.24) is 4.98 Å². The minimum Gasteiger partial charge on any atom is -0.361 e. The number of hydrogen-bond donors (Lipinski definition) is 2. The van der Waals surface area contributed by atoms with Gasteiger partial charge in [0.05, 0.1) is 10.6 Å². The zero-order valence-electron chi connectivity index (χ0n) is 12.7. The number of hydrogen-bond acceptors (Lipinski definition) is 1. The molecule has 0 atom stereocenters. The summed E-state index contributed by atoms with van der Waals surface area (Å²) in [6.45, 7) is 0. The fourth-order valence-corrected chi connectivity index (χ4v) is 2.65. The quantitative estimate of drug-likeness (QED) is 0.593. The Morgan fingerprint density at radius 1 is 1.12 bits per heavy atom. The van der Waals surface area contributed by atoms with Gasteiger partial charge in [-0.2, -0.15) is 13.2 Å². The summed E-state index contributed by atoms with van der Waals surface area (Å²) in [5, 5.41) is 3.24. The highest BCUT2D eigenvalue weighted by Gasteiger charge is 2.32. The van der Waals surface area contributed by atoms with Crippen LogP contribution in [-0.2, 0) is 11.0 Å². The minimum absolute atomic E-state index is 0.397. The number of halogens is 4. The van der Waals surface area contributed by atoms with Gasteiger partial charge in [0.15, 0.2) is 0 Å². The number of carbonyl (C=O) groups is 1. The molecular weight excluding hydrogens is 353 g/mol. The predicted octanol–water partition coefficient (Wildman–Crippen LogP) is 5.49. The molecule has 0 saturated carbocycles. The molecule has 0 aliphatic carbocycles. The maximum atomic E-state index is 12.7. The molecule has 1 aromatic heterocycles. The molecule has 0 saturated heterocycles. The number of fused-ring (bicyclic) bond motifs is 1. The summed E-state index contributed by atoms with van der Waals surface area (Å²) in [5.74, 6) is -0.397. The number of nitrogens with one attached hydrogen (secondary N) is 2. The third kappa shape index (κ3) is 4.03. The summed E-state index contributed by atoms with van der Waals surface area (Å²) in [6.07, 6.45) is -0.0749. The molecule has 1 heterocycles. The maximum absolute atomic E-state index is 12.7. The molecule has 0 fully saturated rings. The van der Waals surface area contributed by atoms with E-state index in [0.29, 0.717) is 11.3 Å². The van der Waals surface area contributed by atoms with E-state index in [9.17, 15) is 18.0 Å². The fraction of sp³-hybridized carbons (Fsp3) is 0.0556. The van der Waals surface area contributed by atoms with Gasteiger partial charge in [0, 0.05) is 28.9 Å². The molecule has 0 aliphatic rings. The lowest BCUT2D eigenvalue weighted by Crippen LogP contribution is -2.07. The second-order valence-corrected chi connectivity index (χ2v) is 5.75. The van der Waals surface area contributed by atoms with Crippen molar-refractivity contribution in [1.29, 1.82) is 0 Å². The molecule has 0 aliphatic heterocycles. The Bertz CT molecular complexity index is 960. The van der Waals surface area contributed by atoms with E-state index in [1.54, 1.807) is 12.3 Å². The van der Waals surface area contributed by atoms with Gasteiger partial charge in [-0.1, -0.05) is 17.7 Å². The number of alkyl halides is 3. The number of aromatic amines is 1. The van der Waals surface area contributed by atoms with Crippen molar-refractivity contribution in [2.75, 3.05) is 5.32 Å². The van der Waals surface area contributed by atoms with Crippen molar-refractivity contribution in [3.8, 4) is 0 Å². The fourth-order valence-electron chi connectivity index (χ4n) is 2.35. The Kier molecular flexibility index (Phi) is 4.55. The van der Waals surface area contributed by atoms with E-state index in [4.69, 9.17) is 11.6 Å². The molecule has 0 bridgehead atoms. The van der Waals surface area contributed by atoms with Crippen molar-refractivity contribution in [2.45, 2.75) is 6.18 Å². The van der Waals surface area contributed by atoms with Crippen LogP contribution in [0.3, 0.4) is 0 Å². The van der Waals surface area contributed by atoms with Gasteiger partial charge in [-0.15, -0.1) is 0 Å². The molecule has 128 valence electrons. The molecule has 25 heavy (non-hydrogen) atoms. The Hall–Kier alpha value is -2.73. The SMILES string of the molecule is O=C(/C=C/c1ccc(C(F)(F)F)c(Cl)c1)Nc1ccc2[nH]ccc2c1. The second-order valence-electron chi connectivity index (χ2n) is 5.34. The summed E-state index contributed by atoms with van der Waals surface area (Å²) in [6, 6.07) is 10.6. The van der Waals surface area contributed by atoms with Crippen LogP contribution in [-0.4, -0.2) is 10.9 Å². The van der Waals surface area contributed by atoms with E-state index in [1.807, 2.05) is 18.2 Å². The van der Waals surface area contributed by atoms with E-state index in [-0.39, 0.29) is 0 Å². The molecule has 3 aromatic rings. The first-order chi connectivity index (χ1) is 11.8. The highest BCUT2D eigenvalue weighted by molar-refractivity contribution is 6.31. The minimum atomic E-state index is -4.51. The average Bonchev–Trinajstić information content (AvgIpc) is 2.99. The lowest BCUT2D eigenvalue weighted by molar-refractivity contribution is -0.137. The van der Waals surface area contributed by atoms with Crippen molar-refractivity contribution in [2.24, 2.45) is 0 Å². The zero-order valence-corrected chi connectivity index (χ0v) is 13.4. The normalized spacial score (nSPS) is 12.0. The van der Waals surface area contributed by atoms with Gasteiger partial charge in [-0.05, 0) is 48.0 Å². The molecule has 3 rings (SSSR count). The van der Waals surface area contributed by atoms with Gasteiger partial charge in [-0.25, -0.2) is 0 Å². The van der Waals surface area contributed by atoms with Crippen LogP contribution in [0.1, 0.15) is 11.1 Å². The van der Waals surface area contributed by atoms with Crippen molar-refractivity contribution < 1.29 is 18.0 Å². The van der Waals surface area contributed by atoms with Crippen LogP contribution in [0.4, 0.5) is 18.9 Å². The lowest BCUT2D eigenvalue weighted by Gasteiger charge is -2.09. The molecular formula is C18H12ClF3N2O. The molecule has 2 N–H and O–H groups in total. The van der Waals surface area contributed by atoms with Crippen molar-refractivity contribution in [3.05, 3.63) is 70.9 Å². The van der Waals surface area contributed by atoms with Crippen LogP contribution in [0.15, 0.2) is 54.7 Å². The topological polar surface area (TPSA) is 44.9 Å². The van der Waals surface area contributed by atoms with E-state index < -0.39 is 22.7 Å². The number of amides is 1. The first kappa shape index (κ1) is 17.1. The van der Waals surface area contributed by atoms with Gasteiger partial charge in [0.2, 0.25) is 5.91 Å². The number of carbonyl (C=O) groups excluding carboxylic acids is 1. The van der Waals surface area contributed by atoms with Gasteiger partial charge >= 0.3 is 6.18 Å². The number of rotatable bonds is 3. The van der Waals surface area contributed by atoms with Gasteiger partial charge in [-0.3, -0.25) is 4.79 Å². The maximum Gasteiger partial charge on any atom is 0.417 e. The summed E-state index contributed by atoms with van der Waals surface area (Å²) in [5.41, 5.74) is 1.06. The summed E-state index contributed by atoms with van der Waals surface area (Å²) in [7, 11) is 0. The molecule has 1 amide bonds. The Morgan fingerprint density at radius 2 is 1.92 bits per heavy atom. The molecule has 2 aromatic carbocycles. The Labute approximate surface area is 146 Å². The van der Waals surface area contributed by atoms with Crippen LogP contribution in [0.5, 0.6) is 0 Å². The van der Waals surface area contributed by atoms with Gasteiger partial charge < -0.3 is 10.3 Å². The molecule has 7 heteroatoms. The van der Waals surface area contributed by atoms with Crippen LogP contribution >= 0.6 is 11.6 Å². The molecule has 0 spiro atoms. The monoisotopic (exact) mass is 364 g/mol. The standard InChI is InChI=1S/C18H12ClF3N2O/c19-15-9-11(1-4-14(15)18(20,21)22)2-6-17(25)24-13-3-5-16-12(10-13)7-8-23-16/h1-10,23H,(H,24,25)/b6-2+. The predicted molar refractivity (Wildman–Crippen MR) is 92.4 cm³/mol. The van der Waals surface area contributed by atoms with Crippen LogP contribution in [0, 0.1) is 0 Å². The molecule has 0 unspecified atom stereocenters. The number of H-pyrrole nitrogens is 1. The van der Waals surface area contributed by atoms with E-state index in [2.05, 4.69) is 10.3 Å². The third-order valence-electron chi connectivity index (χ3n) is 3.55. The van der Waals surface area contributed by atoms with Gasteiger partial charge in [0.25, 0.3) is 0 Å². The first-order valence-electron chi connectivity index (χ1n) is 7.26. The van der Waals surface area contributed by atoms with Crippen molar-refractivity contribution in [3.63, 3.8) is 0 Å². The number of benzene rings is 2. The average molecular weight is 365 g/mol. The summed E-state index contributed by atoms with van der Waals surface area (Å²) < 4.78 is 38.0. The largest absolute Gasteiger partial charge is 0.417 e. The highest BCUT2D eigenvalue weighted by Crippen LogP contribution is 2.35. The van der Waals surface area contributed by atoms with E-state index >= 15 is 0 Å². The lowest BCUT2D eigenvalue weighted by atomic mass is 10.1. The van der Waals surface area contributed by atoms with Crippen LogP contribution in [0.2, 0.25) is 5.02 Å². The Morgan fingerprint density at radius 3 is 2.64 bits per heavy atom. The second kappa shape index (κ2) is 6.64. The third-order valence-corrected chi connectivity index (χ3v) is 3.86. The van der Waals surface area contributed by atoms with Crippen LogP contribution < -0.4 is 5.32 Å². The first-order valence-corrected chi connectivity index (χ1v) is 7.64. The highest BCUT2D eigenvalue weighted by atomic mass is 35.5. The molecule has 0 radical (unpaired) electrons. The smallest absolute Gasteiger partial charge is 0.361 e. The molecule has 3 nitrogen and oxygen atoms in total. The van der Waals surface area contributed by atoms with Gasteiger partial charge in [0.1, 0.15) is 0 Å². The van der Waals surface area contributed by atoms with Crippen molar-refractivity contribution >= 4 is 40.2 Å². The van der Waals surface area contributed by atoms with E-state index in [0.717, 1.165) is 17.0 Å². The van der Waals surface area contributed by atoms with E-state index in [1.165, 1.54) is 24.3 Å².